The van der Waals surface area contributed by atoms with Gasteiger partial charge < -0.3 is 16.0 Å². The smallest absolute Gasteiger partial charge is 0.0456 e. The Labute approximate surface area is 108 Å². The highest BCUT2D eigenvalue weighted by atomic mass is 14.9. The van der Waals surface area contributed by atoms with Crippen LogP contribution in [-0.4, -0.2) is 24.6 Å². The minimum Gasteiger partial charge on any atom is -0.361 e. The minimum atomic E-state index is 0.431. The molecule has 0 bridgehead atoms. The number of nitrogens with two attached hydrogens (primary N) is 1. The summed E-state index contributed by atoms with van der Waals surface area (Å²) in [7, 11) is 0. The van der Waals surface area contributed by atoms with E-state index in [1.807, 2.05) is 0 Å². The molecule has 0 atom stereocenters. The average molecular weight is 243 g/mol. The largest absolute Gasteiger partial charge is 0.361 e. The second-order valence-corrected chi connectivity index (χ2v) is 5.49. The van der Waals surface area contributed by atoms with E-state index < -0.39 is 0 Å². The Balaban J connectivity index is 1.54. The monoisotopic (exact) mass is 243 g/mol. The minimum absolute atomic E-state index is 0.431. The van der Waals surface area contributed by atoms with Crippen molar-refractivity contribution in [3.05, 3.63) is 36.0 Å². The van der Waals surface area contributed by atoms with Gasteiger partial charge in [-0.05, 0) is 49.4 Å². The third kappa shape index (κ3) is 2.28. The fourth-order valence-corrected chi connectivity index (χ4v) is 2.54. The number of para-hydroxylation sites is 1. The first-order valence-electron chi connectivity index (χ1n) is 6.79. The maximum Gasteiger partial charge on any atom is 0.0456 e. The Bertz CT molecular complexity index is 525. The molecule has 1 fully saturated rings. The van der Waals surface area contributed by atoms with Crippen molar-refractivity contribution < 1.29 is 0 Å². The highest BCUT2D eigenvalue weighted by molar-refractivity contribution is 5.83. The predicted molar refractivity (Wildman–Crippen MR) is 75.6 cm³/mol. The lowest BCUT2D eigenvalue weighted by Crippen LogP contribution is -2.30. The van der Waals surface area contributed by atoms with Crippen molar-refractivity contribution >= 4 is 10.9 Å². The third-order valence-corrected chi connectivity index (χ3v) is 4.14. The molecular formula is C15H21N3. The number of aromatic amines is 1. The number of hydrogen-bond donors (Lipinski definition) is 3. The Morgan fingerprint density at radius 3 is 2.89 bits per heavy atom. The Hall–Kier alpha value is -1.32. The molecule has 3 nitrogen and oxygen atoms in total. The number of aromatic nitrogens is 1. The van der Waals surface area contributed by atoms with Crippen LogP contribution in [0.1, 0.15) is 18.4 Å². The quantitative estimate of drug-likeness (QED) is 0.680. The van der Waals surface area contributed by atoms with Gasteiger partial charge in [0.25, 0.3) is 0 Å². The fraction of sp³-hybridized carbons (Fsp3) is 0.467. The SMILES string of the molecule is NCC1(CNCCc2c[nH]c3ccccc23)CC1. The molecule has 0 saturated heterocycles. The van der Waals surface area contributed by atoms with Gasteiger partial charge in [-0.25, -0.2) is 0 Å². The molecule has 1 aromatic carbocycles. The molecule has 3 heteroatoms. The zero-order valence-electron chi connectivity index (χ0n) is 10.7. The molecule has 4 N–H and O–H groups in total. The zero-order chi connectivity index (χ0) is 12.4. The molecule has 0 aliphatic heterocycles. The van der Waals surface area contributed by atoms with E-state index in [1.54, 1.807) is 0 Å². The molecule has 96 valence electrons. The number of hydrogen-bond acceptors (Lipinski definition) is 2. The van der Waals surface area contributed by atoms with Crippen LogP contribution in [0.4, 0.5) is 0 Å². The molecule has 2 aromatic rings. The van der Waals surface area contributed by atoms with Gasteiger partial charge >= 0.3 is 0 Å². The van der Waals surface area contributed by atoms with Crippen molar-refractivity contribution in [3.8, 4) is 0 Å². The van der Waals surface area contributed by atoms with Gasteiger partial charge in [0, 0.05) is 23.6 Å². The van der Waals surface area contributed by atoms with Crippen LogP contribution < -0.4 is 11.1 Å². The number of rotatable bonds is 6. The molecule has 0 unspecified atom stereocenters. The van der Waals surface area contributed by atoms with E-state index in [-0.39, 0.29) is 0 Å². The van der Waals surface area contributed by atoms with Crippen LogP contribution in [0, 0.1) is 5.41 Å². The van der Waals surface area contributed by atoms with Crippen LogP contribution in [-0.2, 0) is 6.42 Å². The standard InChI is InChI=1S/C15H21N3/c16-10-15(6-7-15)11-17-8-5-12-9-18-14-4-2-1-3-13(12)14/h1-4,9,17-18H,5-8,10-11,16H2. The molecule has 1 saturated carbocycles. The van der Waals surface area contributed by atoms with E-state index in [9.17, 15) is 0 Å². The maximum absolute atomic E-state index is 5.78. The predicted octanol–water partition coefficient (Wildman–Crippen LogP) is 2.04. The van der Waals surface area contributed by atoms with Crippen molar-refractivity contribution in [2.24, 2.45) is 11.1 Å². The summed E-state index contributed by atoms with van der Waals surface area (Å²) in [6.45, 7) is 2.93. The first-order valence-corrected chi connectivity index (χ1v) is 6.79. The molecule has 1 aliphatic carbocycles. The van der Waals surface area contributed by atoms with E-state index >= 15 is 0 Å². The molecule has 1 aromatic heterocycles. The van der Waals surface area contributed by atoms with Crippen molar-refractivity contribution in [1.29, 1.82) is 0 Å². The second kappa shape index (κ2) is 4.75. The van der Waals surface area contributed by atoms with Crippen molar-refractivity contribution in [1.82, 2.24) is 10.3 Å². The van der Waals surface area contributed by atoms with Gasteiger partial charge in [0.1, 0.15) is 0 Å². The number of nitrogens with one attached hydrogen (secondary N) is 2. The van der Waals surface area contributed by atoms with Crippen LogP contribution in [0.3, 0.4) is 0 Å². The van der Waals surface area contributed by atoms with Gasteiger partial charge in [0.05, 0.1) is 0 Å². The van der Waals surface area contributed by atoms with Gasteiger partial charge in [-0.1, -0.05) is 18.2 Å². The number of benzene rings is 1. The highest BCUT2D eigenvalue weighted by Crippen LogP contribution is 2.43. The highest BCUT2D eigenvalue weighted by Gasteiger charge is 2.40. The second-order valence-electron chi connectivity index (χ2n) is 5.49. The van der Waals surface area contributed by atoms with Gasteiger partial charge in [-0.3, -0.25) is 0 Å². The lowest BCUT2D eigenvalue weighted by molar-refractivity contribution is 0.470. The molecule has 0 amide bonds. The van der Waals surface area contributed by atoms with Crippen molar-refractivity contribution in [2.45, 2.75) is 19.3 Å². The summed E-state index contributed by atoms with van der Waals surface area (Å²) in [5.74, 6) is 0. The maximum atomic E-state index is 5.78. The van der Waals surface area contributed by atoms with Gasteiger partial charge in [-0.2, -0.15) is 0 Å². The summed E-state index contributed by atoms with van der Waals surface area (Å²) in [5, 5.41) is 4.89. The van der Waals surface area contributed by atoms with Crippen LogP contribution >= 0.6 is 0 Å². The van der Waals surface area contributed by atoms with Crippen molar-refractivity contribution in [2.75, 3.05) is 19.6 Å². The normalized spacial score (nSPS) is 17.2. The summed E-state index contributed by atoms with van der Waals surface area (Å²) < 4.78 is 0. The van der Waals surface area contributed by atoms with Crippen LogP contribution in [0.15, 0.2) is 30.5 Å². The van der Waals surface area contributed by atoms with Gasteiger partial charge in [0.15, 0.2) is 0 Å². The summed E-state index contributed by atoms with van der Waals surface area (Å²) in [5.41, 5.74) is 8.83. The summed E-state index contributed by atoms with van der Waals surface area (Å²) in [6, 6.07) is 8.48. The molecule has 1 heterocycles. The number of H-pyrrole nitrogens is 1. The van der Waals surface area contributed by atoms with Crippen LogP contribution in [0.5, 0.6) is 0 Å². The Kier molecular flexibility index (Phi) is 3.10. The first-order chi connectivity index (χ1) is 8.83. The summed E-state index contributed by atoms with van der Waals surface area (Å²) in [4.78, 5) is 3.32. The molecule has 0 radical (unpaired) electrons. The van der Waals surface area contributed by atoms with E-state index in [0.29, 0.717) is 5.41 Å². The van der Waals surface area contributed by atoms with Crippen molar-refractivity contribution in [3.63, 3.8) is 0 Å². The topological polar surface area (TPSA) is 53.8 Å². The van der Waals surface area contributed by atoms with Gasteiger partial charge in [-0.15, -0.1) is 0 Å². The Morgan fingerprint density at radius 2 is 2.11 bits per heavy atom. The van der Waals surface area contributed by atoms with E-state index in [4.69, 9.17) is 5.73 Å². The van der Waals surface area contributed by atoms with Crippen LogP contribution in [0.25, 0.3) is 10.9 Å². The summed E-state index contributed by atoms with van der Waals surface area (Å²) >= 11 is 0. The molecule has 1 aliphatic rings. The molecule has 0 spiro atoms. The molecular weight excluding hydrogens is 222 g/mol. The first kappa shape index (κ1) is 11.8. The van der Waals surface area contributed by atoms with Crippen LogP contribution in [0.2, 0.25) is 0 Å². The molecule has 18 heavy (non-hydrogen) atoms. The fourth-order valence-electron chi connectivity index (χ4n) is 2.54. The van der Waals surface area contributed by atoms with E-state index in [1.165, 1.54) is 29.3 Å². The average Bonchev–Trinajstić information content (AvgIpc) is 3.09. The third-order valence-electron chi connectivity index (χ3n) is 4.14. The lowest BCUT2D eigenvalue weighted by Gasteiger charge is -2.12. The lowest BCUT2D eigenvalue weighted by atomic mass is 10.1. The summed E-state index contributed by atoms with van der Waals surface area (Å²) in [6.07, 6.45) is 5.79. The number of fused-ring (bicyclic) bond motifs is 1. The van der Waals surface area contributed by atoms with E-state index in [2.05, 4.69) is 40.8 Å². The zero-order valence-corrected chi connectivity index (χ0v) is 10.7. The molecule has 3 rings (SSSR count). The van der Waals surface area contributed by atoms with E-state index in [0.717, 1.165) is 26.1 Å². The Morgan fingerprint density at radius 1 is 1.28 bits per heavy atom. The van der Waals surface area contributed by atoms with Gasteiger partial charge in [0.2, 0.25) is 0 Å².